The van der Waals surface area contributed by atoms with E-state index in [0.29, 0.717) is 121 Å². The molecule has 0 spiro atoms. The SMILES string of the molecule is C=C1N=C(C)C(C)=CN1[C@@H]1O[C@H](CCP(=C)(C)C)[C@@H](O)[C@H]1O.C=C1N=C(N)C(CO)=CN1[C@@H]1O[C@H](CCP(=C)(C)C)[C@@H](O)[C@H]1O.C=C1N=C(N)C(CO[Si](C)(C)C(C)(C)C)=CN1[C@@H]1O[C@H](CCP(=C)(C)C)[C@@H](O)[C@H]1O.C=C1N=C(N)C=CN1[C@@H]1O[C@H](CCP(=C)(C)C)[C@@H](O)[C@@]1(C)O.C=C1N=C(N)C=CN1[C@@H]1O[C@H](CCP(=C)(C)C)[C@@H](O)[C@]1(C)O.C=C1N=C(NC(C)=O)C(CC)=CN1[C@@H]1O[C@H](CCP(=C)(C)C)[C@@H](O)[C@H]1O. The van der Waals surface area contributed by atoms with E-state index < -0.39 is 190 Å². The fraction of sp³-hybridized carbons (Fsp3) is 0.630. The van der Waals surface area contributed by atoms with Crippen LogP contribution in [0.5, 0.6) is 0 Å². The van der Waals surface area contributed by atoms with Gasteiger partial charge in [-0.15, -0.1) is 79.1 Å². The summed E-state index contributed by atoms with van der Waals surface area (Å²) in [4.78, 5) is 46.3. The van der Waals surface area contributed by atoms with Gasteiger partial charge in [0.05, 0.1) is 49.8 Å². The second kappa shape index (κ2) is 50.4. The molecule has 45 heteroatoms. The molecule has 0 aromatic rings. The second-order valence-electron chi connectivity index (χ2n) is 45.1. The van der Waals surface area contributed by atoms with Crippen LogP contribution >= 0.6 is 41.3 Å². The Morgan fingerprint density at radius 3 is 1.00 bits per heavy atom. The molecule has 1 amide bonds. The van der Waals surface area contributed by atoms with Crippen molar-refractivity contribution in [1.29, 1.82) is 0 Å². The maximum Gasteiger partial charge on any atom is 0.222 e. The highest BCUT2D eigenvalue weighted by atomic mass is 31.2. The molecular formula is C100H175N17O21P6Si. The van der Waals surface area contributed by atoms with Gasteiger partial charge < -0.3 is 157 Å². The van der Waals surface area contributed by atoms with Crippen LogP contribution in [0.15, 0.2) is 176 Å². The molecule has 12 aliphatic rings. The van der Waals surface area contributed by atoms with Crippen molar-refractivity contribution in [3.63, 3.8) is 0 Å². The molecule has 12 rings (SSSR count). The molecule has 0 aromatic heterocycles. The van der Waals surface area contributed by atoms with Crippen molar-refractivity contribution in [3.05, 3.63) is 146 Å². The largest absolute Gasteiger partial charge is 0.412 e. The Kier molecular flexibility index (Phi) is 43.7. The summed E-state index contributed by atoms with van der Waals surface area (Å²) in [6, 6.07) is 0. The molecule has 0 aromatic carbocycles. The monoisotopic (exact) mass is 2160 g/mol. The Hall–Kier alpha value is -6.41. The normalized spacial score (nSPS) is 32.2. The van der Waals surface area contributed by atoms with Crippen LogP contribution in [0, 0.1) is 0 Å². The van der Waals surface area contributed by atoms with Gasteiger partial charge in [-0.3, -0.25) is 4.79 Å². The van der Waals surface area contributed by atoms with Crippen LogP contribution in [0.25, 0.3) is 0 Å². The highest BCUT2D eigenvalue weighted by Gasteiger charge is 2.58. The van der Waals surface area contributed by atoms with Crippen LogP contribution in [0.4, 0.5) is 0 Å². The second-order valence-corrected chi connectivity index (χ2v) is 75.8. The molecule has 0 radical (unpaired) electrons. The zero-order valence-corrected chi connectivity index (χ0v) is 96.2. The Balaban J connectivity index is 0.000000237. The number of aliphatic imine (C=N–C) groups is 6. The number of carbonyl (C=O) groups is 1. The zero-order valence-electron chi connectivity index (χ0n) is 89.9. The highest BCUT2D eigenvalue weighted by Crippen LogP contribution is 2.48. The van der Waals surface area contributed by atoms with E-state index in [1.165, 1.54) is 11.8 Å². The molecule has 0 saturated carbocycles. The predicted molar refractivity (Wildman–Crippen MR) is 609 cm³/mol. The lowest BCUT2D eigenvalue weighted by atomic mass is 9.95. The molecule has 0 bridgehead atoms. The van der Waals surface area contributed by atoms with Crippen molar-refractivity contribution in [2.45, 2.75) is 272 Å². The smallest absolute Gasteiger partial charge is 0.222 e. The van der Waals surface area contributed by atoms with Gasteiger partial charge in [-0.1, -0.05) is 67.2 Å². The van der Waals surface area contributed by atoms with E-state index in [4.69, 9.17) is 55.8 Å². The number of aliphatic hydroxyl groups is 13. The van der Waals surface area contributed by atoms with Crippen molar-refractivity contribution in [2.24, 2.45) is 52.9 Å². The number of rotatable bonds is 29. The summed E-state index contributed by atoms with van der Waals surface area (Å²) in [5.74, 6) is 3.74. The molecular weight excluding hydrogens is 1990 g/mol. The summed E-state index contributed by atoms with van der Waals surface area (Å²) in [6.45, 7) is 62.7. The van der Waals surface area contributed by atoms with Gasteiger partial charge in [0, 0.05) is 66.6 Å². The van der Waals surface area contributed by atoms with Crippen molar-refractivity contribution in [2.75, 3.05) is 130 Å². The number of nitrogens with one attached hydrogen (secondary N) is 1. The molecule has 0 unspecified atom stereocenters. The Morgan fingerprint density at radius 2 is 0.710 bits per heavy atom. The van der Waals surface area contributed by atoms with Gasteiger partial charge in [0.15, 0.2) is 45.7 Å². The molecule has 24 atom stereocenters. The van der Waals surface area contributed by atoms with Crippen molar-refractivity contribution in [3.8, 4) is 0 Å². The molecule has 12 heterocycles. The van der Waals surface area contributed by atoms with Gasteiger partial charge in [0.25, 0.3) is 0 Å². The Bertz CT molecular complexity index is 5290. The summed E-state index contributed by atoms with van der Waals surface area (Å²) >= 11 is 0. The average molecular weight is 2170 g/mol. The first-order chi connectivity index (χ1) is 66.3. The number of carbonyl (C=O) groups excluding carboxylic acids is 1. The summed E-state index contributed by atoms with van der Waals surface area (Å²) in [6.07, 6.45) is 31.2. The fourth-order valence-electron chi connectivity index (χ4n) is 16.6. The number of hydrogen-bond acceptors (Lipinski definition) is 37. The number of hydrogen-bond donors (Lipinski definition) is 18. The lowest BCUT2D eigenvalue weighted by Crippen LogP contribution is -2.51. The molecule has 6 fully saturated rings. The minimum atomic E-state index is -1.97. The minimum Gasteiger partial charge on any atom is -0.412 e. The number of allylic oxidation sites excluding steroid dienone is 1. The first-order valence-corrected chi connectivity index (χ1v) is 69.8. The fourth-order valence-corrected chi connectivity index (χ4v) is 23.2. The molecule has 0 aliphatic carbocycles. The standard InChI is InChI=1S/C21H40N3O4PSi.C18H30N3O4P.C16H27N2O3P.C15H26N3O4P.2C15H26N3O3P/c1-14-23-19(22)15(13-27-30(8,9)21(2,3)4)12-24(14)20-18(26)17(25)16(28-20)10-11-29(5,6)7;1-7-13-10-21(11(2)19-17(13)20-12(3)22)18-16(24)15(23)14(25-18)8-9-26(4,5)6;1-10-9-18(12(3)17-11(10)2)16-15(20)14(19)13(21-16)7-8-22(4,5)6;1-9-17-14(16)10(8-19)7-18(9)15-13(21)12(20)11(22-15)5-6-23(2,3)4;2*1-10-17-12(16)6-8-18(10)14-15(2,20)13(19)11(21-14)7-9-22(3,4)5/h12,16-18,20,25-26H,1,5,10-11,13H2,2-4,6-9H3,(H2,22,23);10,14-16,18,23-24H,2,4,7-9H2,1,3,5-6H3,(H,19,20,22);9,13-16,19-20H,3-4,7-8H2,1-2,5-6H3;7,11-13,15,19-21H,1-2,5-6,8H2,3-4H3,(H2,16,17);2*6,8,11,13-14,19-20H,1,3,7,9H2,2,4-5H3,(H2,16,17)/t16-,17-,18-,20-;14-,15-,16-,18-;13-,14-,15-,16-;11-,12-,13-,15-;11-,13-,14-,15+;11-,13-,14-,15-/m111111/s1. The van der Waals surface area contributed by atoms with Gasteiger partial charge >= 0.3 is 0 Å². The first kappa shape index (κ1) is 125. The molecule has 6 saturated heterocycles. The topological polar surface area (TPSA) is 554 Å². The molecule has 145 heavy (non-hydrogen) atoms. The third-order valence-corrected chi connectivity index (χ3v) is 40.0. The molecule has 22 N–H and O–H groups in total. The van der Waals surface area contributed by atoms with Crippen molar-refractivity contribution < 1.29 is 104 Å². The predicted octanol–water partition coefficient (Wildman–Crippen LogP) is 6.13. The number of aliphatic hydroxyl groups excluding tert-OH is 11. The number of nitrogens with two attached hydrogens (primary N) is 4. The third kappa shape index (κ3) is 34.5. The Labute approximate surface area is 862 Å². The van der Waals surface area contributed by atoms with Crippen molar-refractivity contribution in [1.82, 2.24) is 34.7 Å². The van der Waals surface area contributed by atoms with Crippen LogP contribution in [-0.2, 0) is 37.6 Å². The van der Waals surface area contributed by atoms with E-state index in [9.17, 15) is 71.2 Å². The summed E-state index contributed by atoms with van der Waals surface area (Å²) in [5, 5.41) is 137. The van der Waals surface area contributed by atoms with Gasteiger partial charge in [-0.05, 0) is 225 Å². The van der Waals surface area contributed by atoms with E-state index in [1.54, 1.807) is 81.5 Å². The van der Waals surface area contributed by atoms with Crippen LogP contribution < -0.4 is 28.3 Å². The number of ether oxygens (including phenoxy) is 6. The summed E-state index contributed by atoms with van der Waals surface area (Å²) in [7, 11) is -1.97. The maximum absolute atomic E-state index is 11.3. The van der Waals surface area contributed by atoms with Gasteiger partial charge in [-0.25, -0.2) is 30.0 Å². The van der Waals surface area contributed by atoms with Crippen LogP contribution in [0.3, 0.4) is 0 Å². The molecule has 38 nitrogen and oxygen atoms in total. The molecule has 820 valence electrons. The van der Waals surface area contributed by atoms with E-state index >= 15 is 0 Å². The van der Waals surface area contributed by atoms with E-state index in [2.05, 4.69) is 226 Å². The van der Waals surface area contributed by atoms with Crippen molar-refractivity contribution >= 4 is 128 Å². The van der Waals surface area contributed by atoms with Crippen LogP contribution in [-0.4, -0.2) is 459 Å². The molecule has 12 aliphatic heterocycles. The Morgan fingerprint density at radius 1 is 0.434 bits per heavy atom. The van der Waals surface area contributed by atoms with Crippen LogP contribution in [0.1, 0.15) is 107 Å². The summed E-state index contributed by atoms with van der Waals surface area (Å²) < 4.78 is 41.9. The van der Waals surface area contributed by atoms with E-state index in [1.807, 2.05) is 27.0 Å². The number of amides is 1. The lowest BCUT2D eigenvalue weighted by Gasteiger charge is -2.37. The van der Waals surface area contributed by atoms with Gasteiger partial charge in [0.2, 0.25) is 5.91 Å². The van der Waals surface area contributed by atoms with E-state index in [-0.39, 0.29) is 29.5 Å². The summed E-state index contributed by atoms with van der Waals surface area (Å²) in [5.41, 5.74) is 24.0. The average Bonchev–Trinajstić information content (AvgIpc) is 1.61. The zero-order chi connectivity index (χ0) is 110. The third-order valence-electron chi connectivity index (χ3n) is 26.7. The lowest BCUT2D eigenvalue weighted by molar-refractivity contribution is -0.117. The number of nitrogens with zero attached hydrogens (tertiary/aromatic N) is 12. The first-order valence-electron chi connectivity index (χ1n) is 48.6. The van der Waals surface area contributed by atoms with Gasteiger partial charge in [-0.2, -0.15) is 0 Å². The maximum atomic E-state index is 11.3. The van der Waals surface area contributed by atoms with Crippen LogP contribution in [0.2, 0.25) is 18.1 Å². The highest BCUT2D eigenvalue weighted by molar-refractivity contribution is 7.73. The van der Waals surface area contributed by atoms with Gasteiger partial charge in [0.1, 0.15) is 136 Å². The van der Waals surface area contributed by atoms with E-state index in [0.717, 1.165) is 53.8 Å². The minimum absolute atomic E-state index is 0.0735. The number of amidine groups is 5. The quantitative estimate of drug-likeness (QED) is 0.0296.